The van der Waals surface area contributed by atoms with Crippen LogP contribution in [0.5, 0.6) is 0 Å². The summed E-state index contributed by atoms with van der Waals surface area (Å²) in [5.41, 5.74) is 7.71. The SMILES string of the molecule is CC(C)c1cccc(C(C)C)c1N1[C]N(c2cccc(N3[C]N(c4c(C(C)C)cccc4C(C)C)C=C3)n2)C=C1.[Cl][V]([Cl])[Cl]. The van der Waals surface area contributed by atoms with Gasteiger partial charge in [-0.05, 0) is 58.1 Å². The molecule has 0 aliphatic carbocycles. The Hall–Kier alpha value is -2.28. The quantitative estimate of drug-likeness (QED) is 0.235. The van der Waals surface area contributed by atoms with Gasteiger partial charge in [0.1, 0.15) is 11.6 Å². The van der Waals surface area contributed by atoms with Crippen molar-refractivity contribution in [2.24, 2.45) is 0 Å². The van der Waals surface area contributed by atoms with E-state index in [-0.39, 0.29) is 0 Å². The van der Waals surface area contributed by atoms with Gasteiger partial charge in [-0.2, -0.15) is 0 Å². The normalized spacial score (nSPS) is 14.7. The Morgan fingerprint density at radius 1 is 0.500 bits per heavy atom. The molecule has 2 aliphatic heterocycles. The van der Waals surface area contributed by atoms with E-state index in [0.717, 1.165) is 11.6 Å². The number of nitrogens with zero attached hydrogens (tertiary/aromatic N) is 5. The first-order valence-electron chi connectivity index (χ1n) is 14.9. The zero-order valence-corrected chi connectivity index (χ0v) is 30.3. The minimum absolute atomic E-state index is 0.410. The van der Waals surface area contributed by atoms with Gasteiger partial charge >= 0.3 is 41.8 Å². The summed E-state index contributed by atoms with van der Waals surface area (Å²) in [7, 11) is 14.9. The molecular weight excluding hydrogens is 648 g/mol. The summed E-state index contributed by atoms with van der Waals surface area (Å²) in [6, 6.07) is 19.3. The van der Waals surface area contributed by atoms with Gasteiger partial charge in [0.05, 0.1) is 11.4 Å². The van der Waals surface area contributed by atoms with E-state index in [1.165, 1.54) is 33.6 Å². The van der Waals surface area contributed by atoms with Crippen LogP contribution in [0.2, 0.25) is 0 Å². The molecule has 0 N–H and O–H groups in total. The van der Waals surface area contributed by atoms with E-state index < -0.39 is 12.3 Å². The average Bonchev–Trinajstić information content (AvgIpc) is 3.67. The van der Waals surface area contributed by atoms with Crippen molar-refractivity contribution in [3.8, 4) is 0 Å². The second-order valence-electron chi connectivity index (χ2n) is 12.0. The van der Waals surface area contributed by atoms with Gasteiger partial charge in [0.15, 0.2) is 0 Å². The second-order valence-corrected chi connectivity index (χ2v) is 18.9. The van der Waals surface area contributed by atoms with Crippen molar-refractivity contribution in [2.75, 3.05) is 19.6 Å². The number of rotatable bonds is 8. The summed E-state index contributed by atoms with van der Waals surface area (Å²) in [6.07, 6.45) is 8.21. The minimum atomic E-state index is -1.77. The molecule has 44 heavy (non-hydrogen) atoms. The van der Waals surface area contributed by atoms with Crippen LogP contribution in [0.1, 0.15) is 101 Å². The molecule has 5 rings (SSSR count). The molecule has 5 nitrogen and oxygen atoms in total. The molecule has 0 spiro atoms. The molecule has 0 unspecified atom stereocenters. The van der Waals surface area contributed by atoms with Crippen molar-refractivity contribution < 1.29 is 12.3 Å². The average molecular weight is 689 g/mol. The zero-order valence-electron chi connectivity index (χ0n) is 26.6. The van der Waals surface area contributed by atoms with Crippen LogP contribution in [0.15, 0.2) is 79.4 Å². The molecular formula is C35H41Cl3N5V. The number of aromatic nitrogens is 1. The predicted molar refractivity (Wildman–Crippen MR) is 186 cm³/mol. The molecule has 2 aromatic carbocycles. The fourth-order valence-electron chi connectivity index (χ4n) is 5.40. The molecule has 3 aromatic rings. The van der Waals surface area contributed by atoms with E-state index in [1.54, 1.807) is 0 Å². The number of benzene rings is 2. The number of hydrogen-bond donors (Lipinski definition) is 0. The zero-order chi connectivity index (χ0) is 32.1. The van der Waals surface area contributed by atoms with E-state index in [0.29, 0.717) is 23.7 Å². The van der Waals surface area contributed by atoms with Gasteiger partial charge in [-0.1, -0.05) is 97.9 Å². The number of hydrogen-bond acceptors (Lipinski definition) is 5. The van der Waals surface area contributed by atoms with Crippen LogP contribution in [-0.4, -0.2) is 4.98 Å². The van der Waals surface area contributed by atoms with Gasteiger partial charge < -0.3 is 9.80 Å². The number of para-hydroxylation sites is 2. The van der Waals surface area contributed by atoms with Crippen molar-refractivity contribution >= 4 is 52.6 Å². The first-order chi connectivity index (χ1) is 20.9. The van der Waals surface area contributed by atoms with Gasteiger partial charge in [-0.15, -0.1) is 0 Å². The Bertz CT molecular complexity index is 1310. The predicted octanol–water partition coefficient (Wildman–Crippen LogP) is 11.2. The maximum atomic E-state index is 4.99. The van der Waals surface area contributed by atoms with Crippen LogP contribution < -0.4 is 19.6 Å². The third-order valence-electron chi connectivity index (χ3n) is 7.54. The summed E-state index contributed by atoms with van der Waals surface area (Å²) in [4.78, 5) is 13.2. The summed E-state index contributed by atoms with van der Waals surface area (Å²) >= 11 is -1.77. The Morgan fingerprint density at radius 2 is 0.773 bits per heavy atom. The third kappa shape index (κ3) is 8.11. The monoisotopic (exact) mass is 687 g/mol. The topological polar surface area (TPSA) is 25.9 Å². The van der Waals surface area contributed by atoms with Crippen molar-refractivity contribution in [3.05, 3.63) is 115 Å². The summed E-state index contributed by atoms with van der Waals surface area (Å²) in [6.45, 7) is 25.0. The molecule has 0 bridgehead atoms. The van der Waals surface area contributed by atoms with Crippen molar-refractivity contribution in [3.63, 3.8) is 0 Å². The molecule has 1 aromatic heterocycles. The fourth-order valence-corrected chi connectivity index (χ4v) is 5.40. The van der Waals surface area contributed by atoms with Crippen molar-refractivity contribution in [1.29, 1.82) is 0 Å². The van der Waals surface area contributed by atoms with Gasteiger partial charge in [-0.25, -0.2) is 4.98 Å². The third-order valence-corrected chi connectivity index (χ3v) is 7.54. The molecule has 4 radical (unpaired) electrons. The Kier molecular flexibility index (Phi) is 12.1. The van der Waals surface area contributed by atoms with Gasteiger partial charge in [0.2, 0.25) is 13.3 Å². The van der Waals surface area contributed by atoms with E-state index in [2.05, 4.69) is 127 Å². The Labute approximate surface area is 281 Å². The number of halogens is 3. The number of pyridine rings is 1. The van der Waals surface area contributed by atoms with E-state index in [1.807, 2.05) is 40.4 Å². The molecule has 0 atom stereocenters. The van der Waals surface area contributed by atoms with Crippen LogP contribution >= 0.6 is 29.5 Å². The Balaban J connectivity index is 0.00000104. The molecule has 232 valence electrons. The van der Waals surface area contributed by atoms with Gasteiger partial charge in [0.25, 0.3) is 0 Å². The van der Waals surface area contributed by atoms with Crippen LogP contribution in [-0.2, 0) is 12.3 Å². The first-order valence-corrected chi connectivity index (χ1v) is 20.7. The van der Waals surface area contributed by atoms with Crippen LogP contribution in [0.4, 0.5) is 23.0 Å². The molecule has 0 fully saturated rings. The summed E-state index contributed by atoms with van der Waals surface area (Å²) in [5, 5.41) is 0. The maximum absolute atomic E-state index is 4.99. The standard InChI is InChI=1S/C35H41N5.3ClH.V/c1-24(2)28-12-9-13-29(25(3)4)34(28)39-20-18-37(22-39)32-16-11-17-33(36-32)38-19-21-40(23-38)35-30(26(5)6)14-10-15-31(35)27(7)8;;;;/h9-21,24-27H,1-8H3;3*1H;/q;;;;+3/p-3. The molecule has 9 heteroatoms. The number of anilines is 4. The van der Waals surface area contributed by atoms with E-state index in [4.69, 9.17) is 34.5 Å². The summed E-state index contributed by atoms with van der Waals surface area (Å²) in [5.74, 6) is 3.26. The molecule has 3 heterocycles. The molecule has 0 amide bonds. The van der Waals surface area contributed by atoms with Gasteiger partial charge in [0, 0.05) is 24.8 Å². The van der Waals surface area contributed by atoms with Crippen molar-refractivity contribution in [1.82, 2.24) is 4.98 Å². The molecule has 2 aliphatic rings. The van der Waals surface area contributed by atoms with Gasteiger partial charge in [-0.3, -0.25) is 9.80 Å². The van der Waals surface area contributed by atoms with Crippen LogP contribution in [0.3, 0.4) is 0 Å². The van der Waals surface area contributed by atoms with E-state index >= 15 is 0 Å². The summed E-state index contributed by atoms with van der Waals surface area (Å²) < 4.78 is 0. The molecule has 0 saturated carbocycles. The first kappa shape index (κ1) is 34.6. The van der Waals surface area contributed by atoms with Crippen molar-refractivity contribution in [2.45, 2.75) is 79.1 Å². The van der Waals surface area contributed by atoms with Crippen LogP contribution in [0, 0.1) is 13.3 Å². The fraction of sp³-hybridized carbons (Fsp3) is 0.343. The Morgan fingerprint density at radius 3 is 1.07 bits per heavy atom. The van der Waals surface area contributed by atoms with E-state index in [9.17, 15) is 0 Å². The van der Waals surface area contributed by atoms with Crippen LogP contribution in [0.25, 0.3) is 0 Å². The molecule has 0 saturated heterocycles. The second kappa shape index (κ2) is 15.3.